The van der Waals surface area contributed by atoms with Crippen LogP contribution < -0.4 is 5.32 Å². The number of aromatic nitrogens is 2. The molecule has 2 heterocycles. The van der Waals surface area contributed by atoms with Gasteiger partial charge in [0.05, 0.1) is 12.2 Å². The number of nitrogens with one attached hydrogen (secondary N) is 1. The van der Waals surface area contributed by atoms with Crippen LogP contribution >= 0.6 is 0 Å². The minimum Gasteiger partial charge on any atom is -0.383 e. The van der Waals surface area contributed by atoms with Crippen LogP contribution in [0, 0.1) is 13.8 Å². The first-order chi connectivity index (χ1) is 10.4. The number of aliphatic hydroxyl groups excluding tert-OH is 1. The van der Waals surface area contributed by atoms with Gasteiger partial charge in [0.15, 0.2) is 0 Å². The molecule has 122 valence electrons. The van der Waals surface area contributed by atoms with Crippen LogP contribution in [0.25, 0.3) is 0 Å². The van der Waals surface area contributed by atoms with E-state index in [0.717, 1.165) is 29.8 Å². The lowest BCUT2D eigenvalue weighted by molar-refractivity contribution is -0.142. The fraction of sp³-hybridized carbons (Fsp3) is 0.667. The Balaban J connectivity index is 1.91. The smallest absolute Gasteiger partial charge is 0.251 e. The van der Waals surface area contributed by atoms with Crippen molar-refractivity contribution in [2.75, 3.05) is 13.1 Å². The molecule has 1 aromatic rings. The summed E-state index contributed by atoms with van der Waals surface area (Å²) in [6.07, 6.45) is 1.12. The Morgan fingerprint density at radius 1 is 1.41 bits per heavy atom. The van der Waals surface area contributed by atoms with Gasteiger partial charge in [0.2, 0.25) is 5.91 Å². The van der Waals surface area contributed by atoms with E-state index in [1.165, 1.54) is 4.90 Å². The van der Waals surface area contributed by atoms with Gasteiger partial charge in [-0.2, -0.15) is 5.10 Å². The van der Waals surface area contributed by atoms with E-state index in [-0.39, 0.29) is 18.4 Å². The number of aryl methyl sites for hydroxylation is 2. The molecule has 0 aliphatic carbocycles. The number of hydrogen-bond donors (Lipinski definition) is 2. The third-order valence-corrected chi connectivity index (χ3v) is 4.21. The number of likely N-dealkylation sites (tertiary alicyclic amines) is 1. The van der Waals surface area contributed by atoms with Gasteiger partial charge < -0.3 is 15.3 Å². The number of aliphatic hydroxyl groups is 1. The summed E-state index contributed by atoms with van der Waals surface area (Å²) in [6.45, 7) is 4.77. The van der Waals surface area contributed by atoms with Crippen LogP contribution in [0.2, 0.25) is 0 Å². The average molecular weight is 308 g/mol. The molecule has 0 saturated carbocycles. The largest absolute Gasteiger partial charge is 0.383 e. The van der Waals surface area contributed by atoms with Crippen LogP contribution in [-0.2, 0) is 23.2 Å². The Morgan fingerprint density at radius 2 is 2.14 bits per heavy atom. The van der Waals surface area contributed by atoms with E-state index in [9.17, 15) is 14.7 Å². The fourth-order valence-corrected chi connectivity index (χ4v) is 2.73. The van der Waals surface area contributed by atoms with Crippen molar-refractivity contribution in [1.29, 1.82) is 0 Å². The third kappa shape index (κ3) is 3.65. The predicted molar refractivity (Wildman–Crippen MR) is 81.0 cm³/mol. The molecule has 0 bridgehead atoms. The van der Waals surface area contributed by atoms with E-state index in [4.69, 9.17) is 0 Å². The highest BCUT2D eigenvalue weighted by Gasteiger charge is 2.26. The van der Waals surface area contributed by atoms with Gasteiger partial charge in [-0.25, -0.2) is 0 Å². The van der Waals surface area contributed by atoms with Crippen molar-refractivity contribution in [3.8, 4) is 0 Å². The standard InChI is InChI=1S/C15H24N4O3/c1-10-12(11(2)18(3)17-10)8-16-14(21)9-19-7-5-4-6-13(20)15(19)22/h13,20H,4-9H2,1-3H3,(H,16,21). The summed E-state index contributed by atoms with van der Waals surface area (Å²) in [6, 6.07) is 0. The van der Waals surface area contributed by atoms with Crippen molar-refractivity contribution in [2.24, 2.45) is 7.05 Å². The summed E-state index contributed by atoms with van der Waals surface area (Å²) in [5.41, 5.74) is 2.90. The number of carbonyl (C=O) groups excluding carboxylic acids is 2. The molecule has 1 saturated heterocycles. The van der Waals surface area contributed by atoms with Crippen molar-refractivity contribution < 1.29 is 14.7 Å². The van der Waals surface area contributed by atoms with E-state index in [1.54, 1.807) is 4.68 Å². The van der Waals surface area contributed by atoms with Crippen LogP contribution in [0.1, 0.15) is 36.2 Å². The molecule has 1 unspecified atom stereocenters. The number of carbonyl (C=O) groups is 2. The van der Waals surface area contributed by atoms with Crippen LogP contribution in [0.15, 0.2) is 0 Å². The molecule has 0 radical (unpaired) electrons. The maximum absolute atomic E-state index is 12.1. The summed E-state index contributed by atoms with van der Waals surface area (Å²) >= 11 is 0. The van der Waals surface area contributed by atoms with Crippen LogP contribution in [-0.4, -0.2) is 50.8 Å². The SMILES string of the molecule is Cc1nn(C)c(C)c1CNC(=O)CN1CCCCC(O)C1=O. The highest BCUT2D eigenvalue weighted by molar-refractivity contribution is 5.87. The molecule has 1 aromatic heterocycles. The Bertz CT molecular complexity index is 567. The maximum atomic E-state index is 12.1. The van der Waals surface area contributed by atoms with Crippen molar-refractivity contribution in [3.05, 3.63) is 17.0 Å². The molecule has 1 fully saturated rings. The first kappa shape index (κ1) is 16.5. The lowest BCUT2D eigenvalue weighted by atomic mass is 10.2. The van der Waals surface area contributed by atoms with Gasteiger partial charge in [-0.1, -0.05) is 0 Å². The van der Waals surface area contributed by atoms with Crippen molar-refractivity contribution >= 4 is 11.8 Å². The molecular formula is C15H24N4O3. The predicted octanol–water partition coefficient (Wildman–Crippen LogP) is 0.0265. The monoisotopic (exact) mass is 308 g/mol. The fourth-order valence-electron chi connectivity index (χ4n) is 2.73. The van der Waals surface area contributed by atoms with E-state index in [2.05, 4.69) is 10.4 Å². The zero-order chi connectivity index (χ0) is 16.3. The molecule has 1 aliphatic rings. The highest BCUT2D eigenvalue weighted by Crippen LogP contribution is 2.13. The molecule has 7 nitrogen and oxygen atoms in total. The number of hydrogen-bond acceptors (Lipinski definition) is 4. The minimum absolute atomic E-state index is 0.00570. The first-order valence-electron chi connectivity index (χ1n) is 7.62. The van der Waals surface area contributed by atoms with Crippen molar-refractivity contribution in [3.63, 3.8) is 0 Å². The summed E-state index contributed by atoms with van der Waals surface area (Å²) in [5.74, 6) is -0.563. The summed E-state index contributed by atoms with van der Waals surface area (Å²) in [7, 11) is 1.87. The summed E-state index contributed by atoms with van der Waals surface area (Å²) in [5, 5.41) is 16.8. The number of nitrogens with zero attached hydrogens (tertiary/aromatic N) is 3. The van der Waals surface area contributed by atoms with Crippen LogP contribution in [0.5, 0.6) is 0 Å². The van der Waals surface area contributed by atoms with Gasteiger partial charge in [0.1, 0.15) is 6.10 Å². The van der Waals surface area contributed by atoms with Crippen molar-refractivity contribution in [2.45, 2.75) is 45.8 Å². The average Bonchev–Trinajstić information content (AvgIpc) is 2.61. The quantitative estimate of drug-likeness (QED) is 0.821. The highest BCUT2D eigenvalue weighted by atomic mass is 16.3. The normalized spacial score (nSPS) is 19.2. The van der Waals surface area contributed by atoms with E-state index in [0.29, 0.717) is 19.5 Å². The second-order valence-corrected chi connectivity index (χ2v) is 5.82. The summed E-state index contributed by atoms with van der Waals surface area (Å²) < 4.78 is 1.78. The zero-order valence-electron chi connectivity index (χ0n) is 13.4. The molecule has 2 N–H and O–H groups in total. The molecule has 2 rings (SSSR count). The van der Waals surface area contributed by atoms with Gasteiger partial charge in [-0.3, -0.25) is 14.3 Å². The Labute approximate surface area is 130 Å². The van der Waals surface area contributed by atoms with Gasteiger partial charge >= 0.3 is 0 Å². The van der Waals surface area contributed by atoms with Crippen LogP contribution in [0.3, 0.4) is 0 Å². The summed E-state index contributed by atoms with van der Waals surface area (Å²) in [4.78, 5) is 25.5. The van der Waals surface area contributed by atoms with E-state index in [1.807, 2.05) is 20.9 Å². The molecule has 0 aromatic carbocycles. The number of amides is 2. The molecular weight excluding hydrogens is 284 g/mol. The molecule has 1 atom stereocenters. The zero-order valence-corrected chi connectivity index (χ0v) is 13.4. The second-order valence-electron chi connectivity index (χ2n) is 5.82. The molecule has 2 amide bonds. The Hall–Kier alpha value is -1.89. The lowest BCUT2D eigenvalue weighted by Gasteiger charge is -2.21. The first-order valence-corrected chi connectivity index (χ1v) is 7.62. The van der Waals surface area contributed by atoms with Crippen LogP contribution in [0.4, 0.5) is 0 Å². The molecule has 22 heavy (non-hydrogen) atoms. The third-order valence-electron chi connectivity index (χ3n) is 4.21. The van der Waals surface area contributed by atoms with Gasteiger partial charge in [0, 0.05) is 31.4 Å². The van der Waals surface area contributed by atoms with E-state index < -0.39 is 6.10 Å². The van der Waals surface area contributed by atoms with Crippen molar-refractivity contribution in [1.82, 2.24) is 20.0 Å². The van der Waals surface area contributed by atoms with Gasteiger partial charge in [0.25, 0.3) is 5.91 Å². The molecule has 0 spiro atoms. The topological polar surface area (TPSA) is 87.5 Å². The molecule has 1 aliphatic heterocycles. The van der Waals surface area contributed by atoms with Gasteiger partial charge in [-0.15, -0.1) is 0 Å². The van der Waals surface area contributed by atoms with E-state index >= 15 is 0 Å². The molecule has 7 heteroatoms. The maximum Gasteiger partial charge on any atom is 0.251 e. The van der Waals surface area contributed by atoms with Gasteiger partial charge in [-0.05, 0) is 33.1 Å². The Kier molecular flexibility index (Phi) is 5.18. The number of rotatable bonds is 4. The lowest BCUT2D eigenvalue weighted by Crippen LogP contribution is -2.44. The minimum atomic E-state index is -0.974. The second kappa shape index (κ2) is 6.91. The Morgan fingerprint density at radius 3 is 2.77 bits per heavy atom.